The fourth-order valence-electron chi connectivity index (χ4n) is 1.98. The quantitative estimate of drug-likeness (QED) is 0.728. The van der Waals surface area contributed by atoms with Crippen molar-refractivity contribution in [1.82, 2.24) is 19.6 Å². The Morgan fingerprint density at radius 2 is 1.95 bits per heavy atom. The van der Waals surface area contributed by atoms with Crippen LogP contribution in [-0.2, 0) is 6.54 Å². The van der Waals surface area contributed by atoms with Crippen molar-refractivity contribution in [3.05, 3.63) is 60.4 Å². The normalized spacial score (nSPS) is 11.1. The highest BCUT2D eigenvalue weighted by atomic mass is 19.3. The van der Waals surface area contributed by atoms with Gasteiger partial charge in [0.2, 0.25) is 0 Å². The Morgan fingerprint density at radius 1 is 1.18 bits per heavy atom. The molecule has 0 radical (unpaired) electrons. The Balaban J connectivity index is 1.83. The molecule has 0 saturated heterocycles. The van der Waals surface area contributed by atoms with Crippen LogP contribution >= 0.6 is 0 Å². The van der Waals surface area contributed by atoms with Crippen LogP contribution in [0.5, 0.6) is 5.75 Å². The summed E-state index contributed by atoms with van der Waals surface area (Å²) in [5, 5.41) is 7.89. The summed E-state index contributed by atoms with van der Waals surface area (Å²) in [7, 11) is 0. The van der Waals surface area contributed by atoms with E-state index in [1.165, 1.54) is 10.7 Å². The average molecular weight is 308 g/mol. The highest BCUT2D eigenvalue weighted by molar-refractivity contribution is 5.39. The molecular weight excluding hydrogens is 297 g/mol. The zero-order valence-electron chi connectivity index (χ0n) is 11.2. The third-order valence-corrected chi connectivity index (χ3v) is 2.95. The van der Waals surface area contributed by atoms with Gasteiger partial charge in [0.05, 0.1) is 18.4 Å². The summed E-state index contributed by atoms with van der Waals surface area (Å²) in [5.74, 6) is -1.40. The molecule has 114 valence electrons. The van der Waals surface area contributed by atoms with Crippen LogP contribution in [-0.4, -0.2) is 26.2 Å². The van der Waals surface area contributed by atoms with Crippen LogP contribution in [0.15, 0.2) is 48.9 Å². The third kappa shape index (κ3) is 3.11. The maximum absolute atomic E-state index is 13.4. The third-order valence-electron chi connectivity index (χ3n) is 2.95. The van der Waals surface area contributed by atoms with Gasteiger partial charge in [-0.1, -0.05) is 5.21 Å². The molecule has 0 aliphatic carbocycles. The van der Waals surface area contributed by atoms with Gasteiger partial charge in [0.15, 0.2) is 11.6 Å². The molecule has 0 bridgehead atoms. The molecule has 0 aliphatic heterocycles. The van der Waals surface area contributed by atoms with Gasteiger partial charge in [0.1, 0.15) is 5.69 Å². The van der Waals surface area contributed by atoms with Crippen LogP contribution < -0.4 is 4.74 Å². The van der Waals surface area contributed by atoms with E-state index in [4.69, 9.17) is 0 Å². The molecule has 0 saturated carbocycles. The van der Waals surface area contributed by atoms with Crippen LogP contribution in [0.1, 0.15) is 5.69 Å². The van der Waals surface area contributed by atoms with Crippen LogP contribution in [0.2, 0.25) is 0 Å². The fraction of sp³-hybridized carbons (Fsp3) is 0.143. The number of nitrogens with zero attached hydrogens (tertiary/aromatic N) is 4. The molecule has 0 fully saturated rings. The Bertz CT molecular complexity index is 755. The van der Waals surface area contributed by atoms with E-state index in [1.807, 2.05) is 29.1 Å². The highest BCUT2D eigenvalue weighted by Crippen LogP contribution is 2.22. The van der Waals surface area contributed by atoms with E-state index in [0.29, 0.717) is 17.9 Å². The molecule has 0 aliphatic rings. The number of alkyl halides is 2. The number of rotatable bonds is 5. The van der Waals surface area contributed by atoms with Crippen LogP contribution in [0.25, 0.3) is 5.69 Å². The molecule has 1 aromatic carbocycles. The molecule has 3 aromatic rings. The minimum atomic E-state index is -3.09. The molecule has 2 aromatic heterocycles. The van der Waals surface area contributed by atoms with E-state index in [9.17, 15) is 13.2 Å². The van der Waals surface area contributed by atoms with Gasteiger partial charge in [-0.25, -0.2) is 9.07 Å². The van der Waals surface area contributed by atoms with Crippen molar-refractivity contribution in [2.45, 2.75) is 13.2 Å². The predicted molar refractivity (Wildman–Crippen MR) is 71.5 cm³/mol. The molecule has 3 rings (SSSR count). The zero-order chi connectivity index (χ0) is 15.5. The Kier molecular flexibility index (Phi) is 3.82. The average Bonchev–Trinajstić information content (AvgIpc) is 3.13. The maximum Gasteiger partial charge on any atom is 0.387 e. The maximum atomic E-state index is 13.4. The lowest BCUT2D eigenvalue weighted by Gasteiger charge is -2.07. The number of hydrogen-bond acceptors (Lipinski definition) is 3. The summed E-state index contributed by atoms with van der Waals surface area (Å²) in [5.41, 5.74) is 1.06. The van der Waals surface area contributed by atoms with Crippen molar-refractivity contribution in [3.8, 4) is 11.4 Å². The lowest BCUT2D eigenvalue weighted by atomic mass is 10.3. The first-order valence-electron chi connectivity index (χ1n) is 6.38. The zero-order valence-corrected chi connectivity index (χ0v) is 11.2. The summed E-state index contributed by atoms with van der Waals surface area (Å²) in [6.07, 6.45) is 5.40. The molecule has 0 N–H and O–H groups in total. The fourth-order valence-corrected chi connectivity index (χ4v) is 1.98. The van der Waals surface area contributed by atoms with Gasteiger partial charge in [0.25, 0.3) is 0 Å². The number of hydrogen-bond donors (Lipinski definition) is 0. The smallest absolute Gasteiger partial charge is 0.387 e. The molecule has 8 heteroatoms. The summed E-state index contributed by atoms with van der Waals surface area (Å²) in [4.78, 5) is 0. The molecule has 22 heavy (non-hydrogen) atoms. The summed E-state index contributed by atoms with van der Waals surface area (Å²) in [6.45, 7) is -2.57. The Hall–Kier alpha value is -2.77. The van der Waals surface area contributed by atoms with Crippen LogP contribution in [0, 0.1) is 5.82 Å². The van der Waals surface area contributed by atoms with Crippen LogP contribution in [0.3, 0.4) is 0 Å². The second kappa shape index (κ2) is 5.92. The Labute approximate surface area is 123 Å². The lowest BCUT2D eigenvalue weighted by molar-refractivity contribution is -0.0521. The second-order valence-electron chi connectivity index (χ2n) is 4.50. The highest BCUT2D eigenvalue weighted by Gasteiger charge is 2.12. The number of halogens is 3. The van der Waals surface area contributed by atoms with Gasteiger partial charge in [-0.3, -0.25) is 0 Å². The van der Waals surface area contributed by atoms with Gasteiger partial charge >= 0.3 is 6.61 Å². The molecule has 5 nitrogen and oxygen atoms in total. The first-order chi connectivity index (χ1) is 10.6. The van der Waals surface area contributed by atoms with E-state index < -0.39 is 18.2 Å². The predicted octanol–water partition coefficient (Wildman–Crippen LogP) is 2.86. The molecule has 0 atom stereocenters. The van der Waals surface area contributed by atoms with E-state index in [2.05, 4.69) is 15.0 Å². The number of benzene rings is 1. The van der Waals surface area contributed by atoms with Crippen molar-refractivity contribution >= 4 is 0 Å². The van der Waals surface area contributed by atoms with E-state index in [-0.39, 0.29) is 0 Å². The van der Waals surface area contributed by atoms with Gasteiger partial charge < -0.3 is 9.30 Å². The summed E-state index contributed by atoms with van der Waals surface area (Å²) >= 11 is 0. The SMILES string of the molecule is Fc1ccc(-n2cc(Cn3cccc3)nn2)cc1OC(F)F. The van der Waals surface area contributed by atoms with Crippen molar-refractivity contribution in [2.75, 3.05) is 0 Å². The van der Waals surface area contributed by atoms with Gasteiger partial charge in [-0.05, 0) is 24.3 Å². The minimum absolute atomic E-state index is 0.378. The first kappa shape index (κ1) is 14.2. The van der Waals surface area contributed by atoms with Crippen molar-refractivity contribution in [1.29, 1.82) is 0 Å². The molecule has 0 spiro atoms. The van der Waals surface area contributed by atoms with Gasteiger partial charge in [-0.2, -0.15) is 8.78 Å². The first-order valence-corrected chi connectivity index (χ1v) is 6.38. The molecule has 0 amide bonds. The van der Waals surface area contributed by atoms with E-state index in [1.54, 1.807) is 6.20 Å². The molecule has 2 heterocycles. The van der Waals surface area contributed by atoms with Crippen molar-refractivity contribution in [3.63, 3.8) is 0 Å². The minimum Gasteiger partial charge on any atom is -0.432 e. The summed E-state index contributed by atoms with van der Waals surface area (Å²) < 4.78 is 45.2. The van der Waals surface area contributed by atoms with E-state index in [0.717, 1.165) is 12.1 Å². The second-order valence-corrected chi connectivity index (χ2v) is 4.50. The molecular formula is C14H11F3N4O. The number of aromatic nitrogens is 4. The Morgan fingerprint density at radius 3 is 2.68 bits per heavy atom. The lowest BCUT2D eigenvalue weighted by Crippen LogP contribution is -2.05. The number of ether oxygens (including phenoxy) is 1. The van der Waals surface area contributed by atoms with Crippen molar-refractivity contribution < 1.29 is 17.9 Å². The largest absolute Gasteiger partial charge is 0.432 e. The van der Waals surface area contributed by atoms with Crippen molar-refractivity contribution in [2.24, 2.45) is 0 Å². The molecule has 0 unspecified atom stereocenters. The van der Waals surface area contributed by atoms with Crippen LogP contribution in [0.4, 0.5) is 13.2 Å². The standard InChI is InChI=1S/C14H11F3N4O/c15-12-4-3-11(7-13(12)22-14(16)17)21-9-10(18-19-21)8-20-5-1-2-6-20/h1-7,9,14H,8H2. The monoisotopic (exact) mass is 308 g/mol. The topological polar surface area (TPSA) is 44.9 Å². The van der Waals surface area contributed by atoms with Gasteiger partial charge in [-0.15, -0.1) is 5.10 Å². The van der Waals surface area contributed by atoms with Gasteiger partial charge in [0, 0.05) is 18.5 Å². The summed E-state index contributed by atoms with van der Waals surface area (Å²) in [6, 6.07) is 7.37. The van der Waals surface area contributed by atoms with E-state index >= 15 is 0 Å².